The van der Waals surface area contributed by atoms with E-state index in [2.05, 4.69) is 33.8 Å². The molecule has 4 nitrogen and oxygen atoms in total. The van der Waals surface area contributed by atoms with Gasteiger partial charge in [-0.15, -0.1) is 0 Å². The van der Waals surface area contributed by atoms with E-state index in [1.54, 1.807) is 0 Å². The molecule has 0 N–H and O–H groups in total. The Balaban J connectivity index is 2.03. The first kappa shape index (κ1) is 16.5. The predicted molar refractivity (Wildman–Crippen MR) is 80.9 cm³/mol. The van der Waals surface area contributed by atoms with Crippen LogP contribution in [0.4, 0.5) is 0 Å². The summed E-state index contributed by atoms with van der Waals surface area (Å²) in [5.41, 5.74) is -1.21. The summed E-state index contributed by atoms with van der Waals surface area (Å²) >= 11 is 0. The van der Waals surface area contributed by atoms with E-state index < -0.39 is 5.41 Å². The van der Waals surface area contributed by atoms with Crippen molar-refractivity contribution in [1.82, 2.24) is 0 Å². The third kappa shape index (κ3) is 2.88. The Labute approximate surface area is 127 Å². The maximum atomic E-state index is 11.7. The molecule has 2 fully saturated rings. The minimum Gasteiger partial charge on any atom is -0.468 e. The van der Waals surface area contributed by atoms with Gasteiger partial charge in [-0.3, -0.25) is 4.79 Å². The molecule has 0 radical (unpaired) electrons. The van der Waals surface area contributed by atoms with Gasteiger partial charge in [0, 0.05) is 5.92 Å². The van der Waals surface area contributed by atoms with E-state index in [1.807, 2.05) is 19.9 Å². The average Bonchev–Trinajstić information content (AvgIpc) is 2.36. The van der Waals surface area contributed by atoms with Crippen molar-refractivity contribution in [3.05, 3.63) is 12.2 Å². The lowest BCUT2D eigenvalue weighted by Gasteiger charge is -2.58. The van der Waals surface area contributed by atoms with Crippen LogP contribution in [0.25, 0.3) is 0 Å². The Morgan fingerprint density at radius 1 is 1.19 bits per heavy atom. The summed E-state index contributed by atoms with van der Waals surface area (Å²) in [5.74, 6) is 0.0752. The maximum absolute atomic E-state index is 11.7. The van der Waals surface area contributed by atoms with E-state index in [4.69, 9.17) is 14.2 Å². The van der Waals surface area contributed by atoms with E-state index in [0.717, 1.165) is 6.42 Å². The number of ether oxygens (including phenoxy) is 3. The monoisotopic (exact) mass is 296 g/mol. The molecule has 21 heavy (non-hydrogen) atoms. The van der Waals surface area contributed by atoms with Gasteiger partial charge in [0.05, 0.1) is 35.9 Å². The lowest BCUT2D eigenvalue weighted by atomic mass is 9.73. The molecular weight excluding hydrogens is 268 g/mol. The van der Waals surface area contributed by atoms with Gasteiger partial charge >= 0.3 is 5.97 Å². The highest BCUT2D eigenvalue weighted by molar-refractivity contribution is 5.77. The number of methoxy groups -OCH3 is 1. The molecule has 0 amide bonds. The summed E-state index contributed by atoms with van der Waals surface area (Å²) in [5, 5.41) is 0. The van der Waals surface area contributed by atoms with Crippen LogP contribution in [-0.4, -0.2) is 36.5 Å². The van der Waals surface area contributed by atoms with Crippen LogP contribution in [0, 0.1) is 11.3 Å². The molecule has 0 spiro atoms. The lowest BCUT2D eigenvalue weighted by Crippen LogP contribution is -2.66. The van der Waals surface area contributed by atoms with Crippen LogP contribution < -0.4 is 0 Å². The zero-order chi connectivity index (χ0) is 16.1. The highest BCUT2D eigenvalue weighted by Gasteiger charge is 2.55. The molecule has 1 aliphatic carbocycles. The van der Waals surface area contributed by atoms with Crippen LogP contribution in [0.1, 0.15) is 48.0 Å². The van der Waals surface area contributed by atoms with Crippen molar-refractivity contribution in [3.63, 3.8) is 0 Å². The quantitative estimate of drug-likeness (QED) is 0.593. The second-order valence-corrected chi connectivity index (χ2v) is 7.73. The highest BCUT2D eigenvalue weighted by Crippen LogP contribution is 2.47. The Bertz CT molecular complexity index is 448. The number of carbonyl (C=O) groups is 1. The number of carbonyl (C=O) groups excluding carboxylic acids is 1. The summed E-state index contributed by atoms with van der Waals surface area (Å²) in [4.78, 5) is 11.7. The smallest absolute Gasteiger partial charge is 0.315 e. The normalized spacial score (nSPS) is 34.1. The first-order valence-electron chi connectivity index (χ1n) is 7.63. The van der Waals surface area contributed by atoms with E-state index in [1.165, 1.54) is 7.11 Å². The largest absolute Gasteiger partial charge is 0.468 e. The SMILES string of the molecule is COC(=O)C(C)(C)/C=C/C1CC2OC(C)(C)C(C)(C)OC12. The molecule has 3 unspecified atom stereocenters. The van der Waals surface area contributed by atoms with Gasteiger partial charge in [-0.1, -0.05) is 12.2 Å². The number of fused-ring (bicyclic) bond motifs is 1. The second kappa shape index (κ2) is 5.10. The van der Waals surface area contributed by atoms with Crippen LogP contribution in [0.15, 0.2) is 12.2 Å². The maximum Gasteiger partial charge on any atom is 0.315 e. The minimum absolute atomic E-state index is 0.0812. The van der Waals surface area contributed by atoms with E-state index in [9.17, 15) is 4.79 Å². The fourth-order valence-corrected chi connectivity index (χ4v) is 2.78. The zero-order valence-electron chi connectivity index (χ0n) is 14.2. The van der Waals surface area contributed by atoms with Crippen molar-refractivity contribution in [2.75, 3.05) is 7.11 Å². The van der Waals surface area contributed by atoms with Crippen molar-refractivity contribution in [2.45, 2.75) is 71.4 Å². The molecule has 0 aromatic heterocycles. The Hall–Kier alpha value is -0.870. The minimum atomic E-state index is -0.607. The van der Waals surface area contributed by atoms with E-state index in [-0.39, 0.29) is 29.4 Å². The van der Waals surface area contributed by atoms with Gasteiger partial charge in [0.1, 0.15) is 0 Å². The van der Waals surface area contributed by atoms with Gasteiger partial charge in [0.2, 0.25) is 0 Å². The van der Waals surface area contributed by atoms with Crippen LogP contribution in [0.3, 0.4) is 0 Å². The van der Waals surface area contributed by atoms with E-state index >= 15 is 0 Å². The number of rotatable bonds is 3. The molecule has 1 heterocycles. The third-order valence-electron chi connectivity index (χ3n) is 5.09. The molecule has 0 aromatic carbocycles. The van der Waals surface area contributed by atoms with Gasteiger partial charge in [-0.2, -0.15) is 0 Å². The Morgan fingerprint density at radius 2 is 1.76 bits per heavy atom. The van der Waals surface area contributed by atoms with Crippen molar-refractivity contribution < 1.29 is 19.0 Å². The standard InChI is InChI=1S/C17H28O4/c1-15(2,14(18)19-7)9-8-11-10-12-13(11)21-17(5,6)16(3,4)20-12/h8-9,11-13H,10H2,1-7H3/b9-8+. The van der Waals surface area contributed by atoms with E-state index in [0.29, 0.717) is 5.92 Å². The Morgan fingerprint density at radius 3 is 2.33 bits per heavy atom. The zero-order valence-corrected chi connectivity index (χ0v) is 14.2. The number of hydrogen-bond acceptors (Lipinski definition) is 4. The predicted octanol–water partition coefficient (Wildman–Crippen LogP) is 3.10. The van der Waals surface area contributed by atoms with Crippen molar-refractivity contribution >= 4 is 5.97 Å². The highest BCUT2D eigenvalue weighted by atomic mass is 16.6. The van der Waals surface area contributed by atoms with Crippen molar-refractivity contribution in [2.24, 2.45) is 11.3 Å². The fraction of sp³-hybridized carbons (Fsp3) is 0.824. The summed E-state index contributed by atoms with van der Waals surface area (Å²) in [6, 6.07) is 0. The van der Waals surface area contributed by atoms with Gasteiger partial charge in [0.25, 0.3) is 0 Å². The van der Waals surface area contributed by atoms with Crippen LogP contribution >= 0.6 is 0 Å². The third-order valence-corrected chi connectivity index (χ3v) is 5.09. The lowest BCUT2D eigenvalue weighted by molar-refractivity contribution is -0.333. The molecule has 2 aliphatic rings. The summed E-state index contributed by atoms with van der Waals surface area (Å²) in [7, 11) is 1.42. The molecule has 0 aromatic rings. The molecule has 4 heteroatoms. The average molecular weight is 296 g/mol. The van der Waals surface area contributed by atoms with Gasteiger partial charge in [0.15, 0.2) is 0 Å². The van der Waals surface area contributed by atoms with Gasteiger partial charge in [-0.05, 0) is 48.0 Å². The molecule has 1 aliphatic heterocycles. The summed E-state index contributed by atoms with van der Waals surface area (Å²) in [6.07, 6.45) is 5.19. The molecule has 2 rings (SSSR count). The van der Waals surface area contributed by atoms with Crippen molar-refractivity contribution in [1.29, 1.82) is 0 Å². The van der Waals surface area contributed by atoms with Crippen LogP contribution in [-0.2, 0) is 19.0 Å². The molecule has 120 valence electrons. The summed E-state index contributed by atoms with van der Waals surface area (Å²) < 4.78 is 17.2. The first-order valence-corrected chi connectivity index (χ1v) is 7.63. The number of hydrogen-bond donors (Lipinski definition) is 0. The topological polar surface area (TPSA) is 44.8 Å². The molecule has 0 bridgehead atoms. The summed E-state index contributed by atoms with van der Waals surface area (Å²) in [6.45, 7) is 12.0. The molecular formula is C17H28O4. The van der Waals surface area contributed by atoms with Crippen LogP contribution in [0.5, 0.6) is 0 Å². The molecule has 1 saturated heterocycles. The van der Waals surface area contributed by atoms with Gasteiger partial charge in [-0.25, -0.2) is 0 Å². The first-order chi connectivity index (χ1) is 9.50. The van der Waals surface area contributed by atoms with Crippen molar-refractivity contribution in [3.8, 4) is 0 Å². The fourth-order valence-electron chi connectivity index (χ4n) is 2.78. The second-order valence-electron chi connectivity index (χ2n) is 7.73. The molecule has 1 saturated carbocycles. The van der Waals surface area contributed by atoms with Crippen LogP contribution in [0.2, 0.25) is 0 Å². The Kier molecular flexibility index (Phi) is 4.00. The van der Waals surface area contributed by atoms with Gasteiger partial charge < -0.3 is 14.2 Å². The number of esters is 1. The molecule has 3 atom stereocenters.